The van der Waals surface area contributed by atoms with Crippen LogP contribution in [0.2, 0.25) is 0 Å². The van der Waals surface area contributed by atoms with Gasteiger partial charge < -0.3 is 5.32 Å². The highest BCUT2D eigenvalue weighted by atomic mass is 16.2. The zero-order valence-electron chi connectivity index (χ0n) is 14.0. The van der Waals surface area contributed by atoms with E-state index in [-0.39, 0.29) is 18.0 Å². The van der Waals surface area contributed by atoms with Gasteiger partial charge in [0.1, 0.15) is 0 Å². The Labute approximate surface area is 142 Å². The molecule has 0 aliphatic heterocycles. The Morgan fingerprint density at radius 2 is 1.50 bits per heavy atom. The first-order valence-corrected chi connectivity index (χ1v) is 8.24. The molecule has 3 aromatic carbocycles. The van der Waals surface area contributed by atoms with Crippen LogP contribution < -0.4 is 10.6 Å². The predicted octanol–water partition coefficient (Wildman–Crippen LogP) is 4.52. The second-order valence-corrected chi connectivity index (χ2v) is 6.07. The molecule has 3 heteroatoms. The lowest BCUT2D eigenvalue weighted by atomic mass is 10.0. The van der Waals surface area contributed by atoms with Crippen LogP contribution >= 0.6 is 0 Å². The molecular formula is C21H22N2O. The molecule has 0 fully saturated rings. The number of carbonyl (C=O) groups is 1. The Hall–Kier alpha value is -2.65. The van der Waals surface area contributed by atoms with E-state index in [4.69, 9.17) is 0 Å². The number of nitrogens with one attached hydrogen (secondary N) is 2. The Morgan fingerprint density at radius 1 is 0.833 bits per heavy atom. The monoisotopic (exact) mass is 318 g/mol. The topological polar surface area (TPSA) is 41.1 Å². The van der Waals surface area contributed by atoms with Gasteiger partial charge in [0.25, 0.3) is 0 Å². The number of para-hydroxylation sites is 1. The molecule has 0 saturated carbocycles. The maximum absolute atomic E-state index is 12.3. The summed E-state index contributed by atoms with van der Waals surface area (Å²) in [5.41, 5.74) is 1.99. The summed E-state index contributed by atoms with van der Waals surface area (Å²) in [6, 6.07) is 24.0. The Bertz CT molecular complexity index is 829. The zero-order valence-corrected chi connectivity index (χ0v) is 14.0. The van der Waals surface area contributed by atoms with E-state index in [1.54, 1.807) is 0 Å². The average molecular weight is 318 g/mol. The van der Waals surface area contributed by atoms with Crippen molar-refractivity contribution >= 4 is 22.4 Å². The van der Waals surface area contributed by atoms with Crippen LogP contribution in [0.15, 0.2) is 72.8 Å². The van der Waals surface area contributed by atoms with Gasteiger partial charge in [-0.3, -0.25) is 10.1 Å². The minimum atomic E-state index is -0.285. The van der Waals surface area contributed by atoms with Gasteiger partial charge in [0.05, 0.1) is 6.04 Å². The van der Waals surface area contributed by atoms with Crippen molar-refractivity contribution in [2.75, 3.05) is 5.32 Å². The largest absolute Gasteiger partial charge is 0.325 e. The fraction of sp³-hybridized carbons (Fsp3) is 0.190. The highest BCUT2D eigenvalue weighted by Gasteiger charge is 2.16. The number of benzene rings is 3. The van der Waals surface area contributed by atoms with Gasteiger partial charge in [-0.15, -0.1) is 0 Å². The number of hydrogen-bond donors (Lipinski definition) is 2. The van der Waals surface area contributed by atoms with E-state index >= 15 is 0 Å². The third-order valence-electron chi connectivity index (χ3n) is 4.21. The van der Waals surface area contributed by atoms with Crippen LogP contribution in [0.3, 0.4) is 0 Å². The van der Waals surface area contributed by atoms with Crippen LogP contribution in [-0.2, 0) is 4.79 Å². The number of amides is 1. The number of fused-ring (bicyclic) bond motifs is 1. The van der Waals surface area contributed by atoms with Crippen LogP contribution in [0.5, 0.6) is 0 Å². The van der Waals surface area contributed by atoms with Gasteiger partial charge in [-0.1, -0.05) is 54.6 Å². The van der Waals surface area contributed by atoms with Crippen molar-refractivity contribution in [3.63, 3.8) is 0 Å². The van der Waals surface area contributed by atoms with Crippen LogP contribution in [0.25, 0.3) is 10.8 Å². The molecule has 0 aliphatic carbocycles. The first-order chi connectivity index (χ1) is 11.6. The number of hydrogen-bond acceptors (Lipinski definition) is 2. The highest BCUT2D eigenvalue weighted by Crippen LogP contribution is 2.20. The molecule has 24 heavy (non-hydrogen) atoms. The lowest BCUT2D eigenvalue weighted by molar-refractivity contribution is -0.117. The first-order valence-electron chi connectivity index (χ1n) is 8.24. The minimum Gasteiger partial charge on any atom is -0.325 e. The molecule has 0 unspecified atom stereocenters. The lowest BCUT2D eigenvalue weighted by Crippen LogP contribution is -2.39. The smallest absolute Gasteiger partial charge is 0.241 e. The van der Waals surface area contributed by atoms with Gasteiger partial charge in [-0.25, -0.2) is 0 Å². The maximum atomic E-state index is 12.3. The van der Waals surface area contributed by atoms with Crippen LogP contribution in [-0.4, -0.2) is 11.9 Å². The van der Waals surface area contributed by atoms with E-state index in [0.717, 1.165) is 5.69 Å². The van der Waals surface area contributed by atoms with Crippen molar-refractivity contribution in [1.82, 2.24) is 5.32 Å². The second-order valence-electron chi connectivity index (χ2n) is 6.07. The molecule has 0 spiro atoms. The molecule has 2 N–H and O–H groups in total. The Morgan fingerprint density at radius 3 is 2.25 bits per heavy atom. The number of rotatable bonds is 5. The third kappa shape index (κ3) is 3.81. The molecule has 3 nitrogen and oxygen atoms in total. The van der Waals surface area contributed by atoms with E-state index < -0.39 is 0 Å². The first kappa shape index (κ1) is 16.2. The summed E-state index contributed by atoms with van der Waals surface area (Å²) in [6.07, 6.45) is 0. The third-order valence-corrected chi connectivity index (χ3v) is 4.21. The van der Waals surface area contributed by atoms with E-state index in [9.17, 15) is 4.79 Å². The quantitative estimate of drug-likeness (QED) is 0.726. The van der Waals surface area contributed by atoms with Crippen molar-refractivity contribution in [3.05, 3.63) is 78.4 Å². The fourth-order valence-electron chi connectivity index (χ4n) is 2.80. The van der Waals surface area contributed by atoms with Crippen molar-refractivity contribution in [3.8, 4) is 0 Å². The molecule has 0 radical (unpaired) electrons. The van der Waals surface area contributed by atoms with Crippen molar-refractivity contribution in [1.29, 1.82) is 0 Å². The van der Waals surface area contributed by atoms with E-state index in [0.29, 0.717) is 0 Å². The summed E-state index contributed by atoms with van der Waals surface area (Å²) >= 11 is 0. The van der Waals surface area contributed by atoms with Crippen molar-refractivity contribution in [2.24, 2.45) is 0 Å². The molecule has 0 aliphatic rings. The van der Waals surface area contributed by atoms with Crippen LogP contribution in [0.1, 0.15) is 25.5 Å². The summed E-state index contributed by atoms with van der Waals surface area (Å²) < 4.78 is 0. The van der Waals surface area contributed by atoms with Gasteiger partial charge in [-0.05, 0) is 48.4 Å². The highest BCUT2D eigenvalue weighted by molar-refractivity contribution is 5.94. The molecule has 3 rings (SSSR count). The summed E-state index contributed by atoms with van der Waals surface area (Å²) in [7, 11) is 0. The minimum absolute atomic E-state index is 0.0335. The zero-order chi connectivity index (χ0) is 16.9. The molecular weight excluding hydrogens is 296 g/mol. The molecule has 2 atom stereocenters. The SMILES string of the molecule is C[C@H](N[C@@H](C)c1ccc2ccccc2c1)C(=O)Nc1ccccc1. The van der Waals surface area contributed by atoms with E-state index in [1.807, 2.05) is 49.4 Å². The van der Waals surface area contributed by atoms with Gasteiger partial charge in [0.2, 0.25) is 5.91 Å². The lowest BCUT2D eigenvalue weighted by Gasteiger charge is -2.20. The average Bonchev–Trinajstić information content (AvgIpc) is 2.62. The fourth-order valence-corrected chi connectivity index (χ4v) is 2.80. The molecule has 0 heterocycles. The standard InChI is InChI=1S/C21H22N2O/c1-15(18-13-12-17-8-6-7-9-19(17)14-18)22-16(2)21(24)23-20-10-4-3-5-11-20/h3-16,22H,1-2H3,(H,23,24)/t15-,16-/m0/s1. The van der Waals surface area contributed by atoms with Gasteiger partial charge in [0.15, 0.2) is 0 Å². The summed E-state index contributed by atoms with van der Waals surface area (Å²) in [4.78, 5) is 12.3. The van der Waals surface area contributed by atoms with Crippen molar-refractivity contribution in [2.45, 2.75) is 25.9 Å². The Kier molecular flexibility index (Phi) is 4.92. The Balaban J connectivity index is 1.66. The number of carbonyl (C=O) groups excluding carboxylic acids is 1. The summed E-state index contributed by atoms with van der Waals surface area (Å²) in [5, 5.41) is 8.73. The molecule has 1 amide bonds. The van der Waals surface area contributed by atoms with E-state index in [1.165, 1.54) is 16.3 Å². The molecule has 122 valence electrons. The molecule has 0 aromatic heterocycles. The summed E-state index contributed by atoms with van der Waals surface area (Å²) in [6.45, 7) is 3.96. The number of anilines is 1. The van der Waals surface area contributed by atoms with Gasteiger partial charge in [0, 0.05) is 11.7 Å². The molecule has 0 bridgehead atoms. The maximum Gasteiger partial charge on any atom is 0.241 e. The van der Waals surface area contributed by atoms with Crippen LogP contribution in [0, 0.1) is 0 Å². The normalized spacial score (nSPS) is 13.4. The van der Waals surface area contributed by atoms with Gasteiger partial charge in [-0.2, -0.15) is 0 Å². The van der Waals surface area contributed by atoms with Gasteiger partial charge >= 0.3 is 0 Å². The van der Waals surface area contributed by atoms with Crippen molar-refractivity contribution < 1.29 is 4.79 Å². The molecule has 0 saturated heterocycles. The van der Waals surface area contributed by atoms with Crippen LogP contribution in [0.4, 0.5) is 5.69 Å². The summed E-state index contributed by atoms with van der Waals surface area (Å²) in [5.74, 6) is -0.0335. The molecule has 3 aromatic rings. The second kappa shape index (κ2) is 7.28. The predicted molar refractivity (Wildman–Crippen MR) is 100 cm³/mol. The van der Waals surface area contributed by atoms with E-state index in [2.05, 4.69) is 47.9 Å².